The van der Waals surface area contributed by atoms with Crippen molar-refractivity contribution < 1.29 is 0 Å². The summed E-state index contributed by atoms with van der Waals surface area (Å²) in [5.74, 6) is 0. The topological polar surface area (TPSA) is 29.9 Å². The zero-order chi connectivity index (χ0) is 13.7. The molecule has 0 aliphatic carbocycles. The lowest BCUT2D eigenvalue weighted by Crippen LogP contribution is -2.24. The van der Waals surface area contributed by atoms with Crippen LogP contribution in [0.15, 0.2) is 23.7 Å². The first-order valence-corrected chi connectivity index (χ1v) is 7.90. The minimum absolute atomic E-state index is 0.393. The molecule has 0 fully saturated rings. The van der Waals surface area contributed by atoms with E-state index in [1.807, 2.05) is 29.3 Å². The van der Waals surface area contributed by atoms with Crippen LogP contribution in [0.5, 0.6) is 0 Å². The van der Waals surface area contributed by atoms with Crippen LogP contribution in [0, 0.1) is 0 Å². The highest BCUT2D eigenvalue weighted by atomic mass is 32.1. The Morgan fingerprint density at radius 2 is 2.21 bits per heavy atom. The molecule has 2 aromatic heterocycles. The number of hydrogen-bond acceptors (Lipinski definition) is 3. The molecule has 0 spiro atoms. The van der Waals surface area contributed by atoms with Crippen molar-refractivity contribution in [3.05, 3.63) is 39.8 Å². The van der Waals surface area contributed by atoms with Crippen molar-refractivity contribution in [3.63, 3.8) is 0 Å². The zero-order valence-corrected chi connectivity index (χ0v) is 12.8. The molecule has 0 aliphatic heterocycles. The van der Waals surface area contributed by atoms with Crippen molar-refractivity contribution in [1.29, 1.82) is 0 Å². The number of aromatic nitrogens is 2. The van der Waals surface area contributed by atoms with E-state index in [4.69, 9.17) is 0 Å². The summed E-state index contributed by atoms with van der Waals surface area (Å²) < 4.78 is 1.88. The Kier molecular flexibility index (Phi) is 5.16. The lowest BCUT2D eigenvalue weighted by atomic mass is 10.0. The lowest BCUT2D eigenvalue weighted by Gasteiger charge is -2.18. The highest BCUT2D eigenvalue weighted by Crippen LogP contribution is 2.27. The predicted molar refractivity (Wildman–Crippen MR) is 81.6 cm³/mol. The van der Waals surface area contributed by atoms with Crippen molar-refractivity contribution in [3.8, 4) is 0 Å². The molecule has 0 radical (unpaired) electrons. The number of nitrogens with zero attached hydrogens (tertiary/aromatic N) is 2. The molecular formula is C15H23N3S. The molecule has 104 valence electrons. The fourth-order valence-corrected chi connectivity index (χ4v) is 3.38. The van der Waals surface area contributed by atoms with Crippen LogP contribution in [0.25, 0.3) is 0 Å². The Balaban J connectivity index is 2.15. The third-order valence-corrected chi connectivity index (χ3v) is 4.37. The predicted octanol–water partition coefficient (Wildman–Crippen LogP) is 3.33. The average molecular weight is 277 g/mol. The van der Waals surface area contributed by atoms with Crippen molar-refractivity contribution in [2.45, 2.75) is 39.2 Å². The molecule has 2 aromatic rings. The van der Waals surface area contributed by atoms with Gasteiger partial charge in [-0.1, -0.05) is 13.8 Å². The fraction of sp³-hybridized carbons (Fsp3) is 0.533. The largest absolute Gasteiger partial charge is 0.309 e. The molecule has 0 saturated carbocycles. The molecule has 0 saturated heterocycles. The second-order valence-electron chi connectivity index (χ2n) is 4.86. The van der Waals surface area contributed by atoms with E-state index >= 15 is 0 Å². The minimum Gasteiger partial charge on any atom is -0.309 e. The van der Waals surface area contributed by atoms with Crippen molar-refractivity contribution in [2.24, 2.45) is 7.05 Å². The van der Waals surface area contributed by atoms with Gasteiger partial charge in [-0.2, -0.15) is 5.10 Å². The summed E-state index contributed by atoms with van der Waals surface area (Å²) in [4.78, 5) is 1.47. The number of hydrogen-bond donors (Lipinski definition) is 1. The van der Waals surface area contributed by atoms with Crippen LogP contribution < -0.4 is 5.32 Å². The van der Waals surface area contributed by atoms with Crippen molar-refractivity contribution in [1.82, 2.24) is 15.1 Å². The summed E-state index contributed by atoms with van der Waals surface area (Å²) in [5.41, 5.74) is 2.63. The van der Waals surface area contributed by atoms with Gasteiger partial charge in [0.05, 0.1) is 5.69 Å². The normalized spacial score (nSPS) is 12.8. The Bertz CT molecular complexity index is 501. The van der Waals surface area contributed by atoms with Gasteiger partial charge in [0.15, 0.2) is 0 Å². The van der Waals surface area contributed by atoms with E-state index in [0.29, 0.717) is 6.04 Å². The number of rotatable bonds is 7. The first-order chi connectivity index (χ1) is 9.24. The molecule has 2 heterocycles. The molecule has 1 atom stereocenters. The van der Waals surface area contributed by atoms with Gasteiger partial charge < -0.3 is 5.32 Å². The second kappa shape index (κ2) is 6.87. The Labute approximate surface area is 119 Å². The van der Waals surface area contributed by atoms with Gasteiger partial charge >= 0.3 is 0 Å². The molecule has 0 aromatic carbocycles. The maximum Gasteiger partial charge on any atom is 0.0643 e. The van der Waals surface area contributed by atoms with Gasteiger partial charge in [0, 0.05) is 30.6 Å². The third-order valence-electron chi connectivity index (χ3n) is 3.30. The maximum atomic E-state index is 4.51. The molecule has 1 N–H and O–H groups in total. The van der Waals surface area contributed by atoms with Gasteiger partial charge in [0.2, 0.25) is 0 Å². The molecule has 4 heteroatoms. The standard InChI is InChI=1S/C15H23N3S/c1-4-8-16-14(11-13-6-9-18(3)17-13)15-12(5-2)7-10-19-15/h6-7,9-10,14,16H,4-5,8,11H2,1-3H3. The number of thiophene rings is 1. The maximum absolute atomic E-state index is 4.51. The van der Waals surface area contributed by atoms with E-state index < -0.39 is 0 Å². The highest BCUT2D eigenvalue weighted by Gasteiger charge is 2.17. The smallest absolute Gasteiger partial charge is 0.0643 e. The van der Waals surface area contributed by atoms with E-state index in [2.05, 4.69) is 41.8 Å². The van der Waals surface area contributed by atoms with Gasteiger partial charge in [-0.15, -0.1) is 11.3 Å². The van der Waals surface area contributed by atoms with Crippen molar-refractivity contribution >= 4 is 11.3 Å². The van der Waals surface area contributed by atoms with Crippen LogP contribution in [-0.2, 0) is 19.9 Å². The summed E-state index contributed by atoms with van der Waals surface area (Å²) >= 11 is 1.86. The van der Waals surface area contributed by atoms with E-state index in [9.17, 15) is 0 Å². The first-order valence-electron chi connectivity index (χ1n) is 7.02. The Hall–Kier alpha value is -1.13. The minimum atomic E-state index is 0.393. The SMILES string of the molecule is CCCNC(Cc1ccn(C)n1)c1sccc1CC. The Morgan fingerprint density at radius 1 is 1.37 bits per heavy atom. The monoisotopic (exact) mass is 277 g/mol. The molecule has 0 bridgehead atoms. The van der Waals surface area contributed by atoms with Gasteiger partial charge in [0.1, 0.15) is 0 Å². The van der Waals surface area contributed by atoms with Crippen molar-refractivity contribution in [2.75, 3.05) is 6.54 Å². The quantitative estimate of drug-likeness (QED) is 0.841. The summed E-state index contributed by atoms with van der Waals surface area (Å²) in [6.07, 6.45) is 5.24. The fourth-order valence-electron chi connectivity index (χ4n) is 2.30. The van der Waals surface area contributed by atoms with Gasteiger partial charge in [-0.25, -0.2) is 0 Å². The molecule has 3 nitrogen and oxygen atoms in total. The second-order valence-corrected chi connectivity index (χ2v) is 5.80. The molecule has 1 unspecified atom stereocenters. The van der Waals surface area contributed by atoms with Crippen LogP contribution in [0.2, 0.25) is 0 Å². The molecule has 19 heavy (non-hydrogen) atoms. The molecule has 0 aliphatic rings. The number of nitrogens with one attached hydrogen (secondary N) is 1. The van der Waals surface area contributed by atoms with E-state index in [1.54, 1.807) is 0 Å². The van der Waals surface area contributed by atoms with E-state index in [1.165, 1.54) is 10.4 Å². The zero-order valence-electron chi connectivity index (χ0n) is 12.0. The number of aryl methyl sites for hydroxylation is 2. The summed E-state index contributed by atoms with van der Waals surface area (Å²) in [6.45, 7) is 5.49. The average Bonchev–Trinajstić information content (AvgIpc) is 3.03. The van der Waals surface area contributed by atoms with Gasteiger partial charge in [-0.3, -0.25) is 4.68 Å². The van der Waals surface area contributed by atoms with Crippen LogP contribution in [0.1, 0.15) is 42.4 Å². The van der Waals surface area contributed by atoms with E-state index in [0.717, 1.165) is 31.5 Å². The summed E-state index contributed by atoms with van der Waals surface area (Å²) in [6, 6.07) is 4.75. The van der Waals surface area contributed by atoms with Crippen LogP contribution in [0.4, 0.5) is 0 Å². The molecule has 2 rings (SSSR count). The lowest BCUT2D eigenvalue weighted by molar-refractivity contribution is 0.525. The van der Waals surface area contributed by atoms with Crippen LogP contribution in [-0.4, -0.2) is 16.3 Å². The van der Waals surface area contributed by atoms with Crippen LogP contribution >= 0.6 is 11.3 Å². The summed E-state index contributed by atoms with van der Waals surface area (Å²) in [7, 11) is 1.97. The van der Waals surface area contributed by atoms with Crippen LogP contribution in [0.3, 0.4) is 0 Å². The highest BCUT2D eigenvalue weighted by molar-refractivity contribution is 7.10. The molecule has 0 amide bonds. The van der Waals surface area contributed by atoms with E-state index in [-0.39, 0.29) is 0 Å². The molecular weight excluding hydrogens is 254 g/mol. The first kappa shape index (κ1) is 14.3. The third kappa shape index (κ3) is 3.67. The Morgan fingerprint density at radius 3 is 2.84 bits per heavy atom. The summed E-state index contributed by atoms with van der Waals surface area (Å²) in [5, 5.41) is 10.4. The van der Waals surface area contributed by atoms with Gasteiger partial charge in [-0.05, 0) is 42.5 Å². The van der Waals surface area contributed by atoms with Gasteiger partial charge in [0.25, 0.3) is 0 Å².